The Bertz CT molecular complexity index is 262. The summed E-state index contributed by atoms with van der Waals surface area (Å²) in [5.74, 6) is -0.924. The summed E-state index contributed by atoms with van der Waals surface area (Å²) in [5, 5.41) is 4.95. The van der Waals surface area contributed by atoms with E-state index in [9.17, 15) is 18.0 Å². The standard InChI is InChI=1S/C10H18F3N3O/c11-10(12,13)9(3-6-15-7-9)8(17)16-5-2-1-4-14/h15H,1-7,14H2,(H,16,17). The molecule has 0 aromatic rings. The maximum Gasteiger partial charge on any atom is 0.404 e. The van der Waals surface area contributed by atoms with Crippen molar-refractivity contribution >= 4 is 5.91 Å². The Balaban J connectivity index is 2.56. The Hall–Kier alpha value is -0.820. The zero-order valence-electron chi connectivity index (χ0n) is 9.57. The average Bonchev–Trinajstić information content (AvgIpc) is 2.73. The number of hydrogen-bond donors (Lipinski definition) is 3. The lowest BCUT2D eigenvalue weighted by Crippen LogP contribution is -2.52. The summed E-state index contributed by atoms with van der Waals surface area (Å²) in [4.78, 5) is 11.7. The monoisotopic (exact) mass is 253 g/mol. The van der Waals surface area contributed by atoms with Crippen LogP contribution in [0.5, 0.6) is 0 Å². The van der Waals surface area contributed by atoms with Gasteiger partial charge in [-0.1, -0.05) is 0 Å². The van der Waals surface area contributed by atoms with Crippen molar-refractivity contribution < 1.29 is 18.0 Å². The maximum absolute atomic E-state index is 12.9. The van der Waals surface area contributed by atoms with E-state index in [-0.39, 0.29) is 26.1 Å². The Labute approximate surface area is 98.1 Å². The van der Waals surface area contributed by atoms with Crippen LogP contribution in [0.25, 0.3) is 0 Å². The number of carbonyl (C=O) groups is 1. The molecular formula is C10H18F3N3O. The molecule has 0 spiro atoms. The predicted molar refractivity (Wildman–Crippen MR) is 57.3 cm³/mol. The number of halogens is 3. The van der Waals surface area contributed by atoms with Crippen molar-refractivity contribution in [1.29, 1.82) is 0 Å². The molecule has 1 unspecified atom stereocenters. The number of unbranched alkanes of at least 4 members (excludes halogenated alkanes) is 1. The van der Waals surface area contributed by atoms with Gasteiger partial charge in [-0.05, 0) is 32.4 Å². The van der Waals surface area contributed by atoms with Gasteiger partial charge in [0.2, 0.25) is 5.91 Å². The average molecular weight is 253 g/mol. The van der Waals surface area contributed by atoms with Gasteiger partial charge in [-0.15, -0.1) is 0 Å². The van der Waals surface area contributed by atoms with Gasteiger partial charge in [-0.3, -0.25) is 4.79 Å². The fourth-order valence-corrected chi connectivity index (χ4v) is 1.90. The van der Waals surface area contributed by atoms with Crippen molar-refractivity contribution in [2.45, 2.75) is 25.4 Å². The highest BCUT2D eigenvalue weighted by Gasteiger charge is 2.61. The first-order valence-corrected chi connectivity index (χ1v) is 5.70. The Morgan fingerprint density at radius 3 is 2.59 bits per heavy atom. The second kappa shape index (κ2) is 5.68. The first kappa shape index (κ1) is 14.2. The summed E-state index contributed by atoms with van der Waals surface area (Å²) in [6, 6.07) is 0. The fraction of sp³-hybridized carbons (Fsp3) is 0.900. The number of nitrogens with one attached hydrogen (secondary N) is 2. The predicted octanol–water partition coefficient (Wildman–Crippen LogP) is 0.383. The van der Waals surface area contributed by atoms with Crippen molar-refractivity contribution in [1.82, 2.24) is 10.6 Å². The van der Waals surface area contributed by atoms with E-state index in [1.54, 1.807) is 0 Å². The number of amides is 1. The van der Waals surface area contributed by atoms with Crippen molar-refractivity contribution in [3.8, 4) is 0 Å². The molecule has 1 heterocycles. The minimum Gasteiger partial charge on any atom is -0.355 e. The van der Waals surface area contributed by atoms with Gasteiger partial charge in [0, 0.05) is 13.1 Å². The highest BCUT2D eigenvalue weighted by molar-refractivity contribution is 5.84. The molecule has 0 radical (unpaired) electrons. The van der Waals surface area contributed by atoms with Crippen LogP contribution in [-0.2, 0) is 4.79 Å². The molecule has 4 N–H and O–H groups in total. The molecule has 1 atom stereocenters. The molecule has 7 heteroatoms. The summed E-state index contributed by atoms with van der Waals surface area (Å²) in [6.07, 6.45) is -3.41. The number of rotatable bonds is 5. The molecule has 1 aliphatic heterocycles. The van der Waals surface area contributed by atoms with Gasteiger partial charge < -0.3 is 16.4 Å². The smallest absolute Gasteiger partial charge is 0.355 e. The van der Waals surface area contributed by atoms with Gasteiger partial charge in [0.05, 0.1) is 0 Å². The van der Waals surface area contributed by atoms with Gasteiger partial charge in [0.1, 0.15) is 0 Å². The van der Waals surface area contributed by atoms with E-state index in [4.69, 9.17) is 5.73 Å². The van der Waals surface area contributed by atoms with Crippen LogP contribution in [0.1, 0.15) is 19.3 Å². The van der Waals surface area contributed by atoms with Crippen LogP contribution in [0.2, 0.25) is 0 Å². The van der Waals surface area contributed by atoms with Crippen LogP contribution in [-0.4, -0.2) is 38.3 Å². The van der Waals surface area contributed by atoms with Crippen molar-refractivity contribution in [2.24, 2.45) is 11.1 Å². The van der Waals surface area contributed by atoms with E-state index < -0.39 is 17.5 Å². The van der Waals surface area contributed by atoms with Crippen molar-refractivity contribution in [3.05, 3.63) is 0 Å². The van der Waals surface area contributed by atoms with Gasteiger partial charge in [-0.2, -0.15) is 13.2 Å². The minimum absolute atomic E-state index is 0.195. The molecule has 0 bridgehead atoms. The zero-order valence-corrected chi connectivity index (χ0v) is 9.57. The first-order chi connectivity index (χ1) is 7.94. The second-order valence-electron chi connectivity index (χ2n) is 4.26. The number of alkyl halides is 3. The molecule has 1 aliphatic rings. The van der Waals surface area contributed by atoms with Crippen LogP contribution < -0.4 is 16.4 Å². The SMILES string of the molecule is NCCCCNC(=O)C1(C(F)(F)F)CCNC1. The molecule has 1 rings (SSSR count). The molecule has 0 aliphatic carbocycles. The lowest BCUT2D eigenvalue weighted by molar-refractivity contribution is -0.216. The summed E-state index contributed by atoms with van der Waals surface area (Å²) in [7, 11) is 0. The molecular weight excluding hydrogens is 235 g/mol. The number of hydrogen-bond acceptors (Lipinski definition) is 3. The molecule has 0 aromatic heterocycles. The molecule has 1 fully saturated rings. The number of nitrogens with two attached hydrogens (primary N) is 1. The highest BCUT2D eigenvalue weighted by Crippen LogP contribution is 2.43. The topological polar surface area (TPSA) is 67.1 Å². The van der Waals surface area contributed by atoms with Gasteiger partial charge in [0.15, 0.2) is 5.41 Å². The molecule has 4 nitrogen and oxygen atoms in total. The second-order valence-corrected chi connectivity index (χ2v) is 4.26. The van der Waals surface area contributed by atoms with Gasteiger partial charge in [-0.25, -0.2) is 0 Å². The van der Waals surface area contributed by atoms with E-state index in [0.29, 0.717) is 19.4 Å². The Morgan fingerprint density at radius 2 is 2.12 bits per heavy atom. The van der Waals surface area contributed by atoms with E-state index in [2.05, 4.69) is 10.6 Å². The lowest BCUT2D eigenvalue weighted by atomic mass is 9.85. The molecule has 0 aromatic carbocycles. The molecule has 17 heavy (non-hydrogen) atoms. The van der Waals surface area contributed by atoms with Gasteiger partial charge >= 0.3 is 6.18 Å². The van der Waals surface area contributed by atoms with Gasteiger partial charge in [0.25, 0.3) is 0 Å². The third-order valence-corrected chi connectivity index (χ3v) is 3.05. The summed E-state index contributed by atoms with van der Waals surface area (Å²) < 4.78 is 38.8. The number of carbonyl (C=O) groups excluding carboxylic acids is 1. The van der Waals surface area contributed by atoms with E-state index in [0.717, 1.165) is 0 Å². The summed E-state index contributed by atoms with van der Waals surface area (Å²) >= 11 is 0. The molecule has 1 saturated heterocycles. The maximum atomic E-state index is 12.9. The largest absolute Gasteiger partial charge is 0.404 e. The third-order valence-electron chi connectivity index (χ3n) is 3.05. The van der Waals surface area contributed by atoms with Crippen molar-refractivity contribution in [2.75, 3.05) is 26.2 Å². The van der Waals surface area contributed by atoms with Crippen LogP contribution >= 0.6 is 0 Å². The zero-order chi connectivity index (χ0) is 12.9. The summed E-state index contributed by atoms with van der Waals surface area (Å²) in [5.41, 5.74) is 3.01. The van der Waals surface area contributed by atoms with Crippen LogP contribution in [0.4, 0.5) is 13.2 Å². The highest BCUT2D eigenvalue weighted by atomic mass is 19.4. The fourth-order valence-electron chi connectivity index (χ4n) is 1.90. The Kier molecular flexibility index (Phi) is 4.76. The van der Waals surface area contributed by atoms with E-state index in [1.807, 2.05) is 0 Å². The summed E-state index contributed by atoms with van der Waals surface area (Å²) in [6.45, 7) is 0.602. The third kappa shape index (κ3) is 3.10. The molecule has 1 amide bonds. The van der Waals surface area contributed by atoms with Crippen molar-refractivity contribution in [3.63, 3.8) is 0 Å². The van der Waals surface area contributed by atoms with E-state index in [1.165, 1.54) is 0 Å². The quantitative estimate of drug-likeness (QED) is 0.621. The minimum atomic E-state index is -4.51. The van der Waals surface area contributed by atoms with Crippen LogP contribution in [0.3, 0.4) is 0 Å². The first-order valence-electron chi connectivity index (χ1n) is 5.70. The van der Waals surface area contributed by atoms with Crippen LogP contribution in [0, 0.1) is 5.41 Å². The van der Waals surface area contributed by atoms with Crippen LogP contribution in [0.15, 0.2) is 0 Å². The molecule has 0 saturated carbocycles. The van der Waals surface area contributed by atoms with E-state index >= 15 is 0 Å². The lowest BCUT2D eigenvalue weighted by Gasteiger charge is -2.29. The Morgan fingerprint density at radius 1 is 1.41 bits per heavy atom. The normalized spacial score (nSPS) is 24.9. The molecule has 100 valence electrons.